The van der Waals surface area contributed by atoms with Gasteiger partial charge in [0.05, 0.1) is 5.69 Å². The second-order valence-corrected chi connectivity index (χ2v) is 5.96. The van der Waals surface area contributed by atoms with E-state index in [0.717, 1.165) is 22.8 Å². The maximum Gasteiger partial charge on any atom is 0.138 e. The fourth-order valence-corrected chi connectivity index (χ4v) is 2.59. The third-order valence-electron chi connectivity index (χ3n) is 3.76. The number of rotatable bonds is 2. The molecule has 0 N–H and O–H groups in total. The molecule has 2 rings (SSSR count). The van der Waals surface area contributed by atoms with Crippen molar-refractivity contribution in [3.8, 4) is 0 Å². The Labute approximate surface area is 109 Å². The molecule has 1 atom stereocenters. The molecule has 3 heteroatoms. The monoisotopic (exact) mass is 246 g/mol. The summed E-state index contributed by atoms with van der Waals surface area (Å²) in [6.45, 7) is 10.6. The molecule has 0 bridgehead atoms. The number of ketones is 1. The minimum atomic E-state index is 0.264. The van der Waals surface area contributed by atoms with E-state index >= 15 is 0 Å². The highest BCUT2D eigenvalue weighted by Gasteiger charge is 2.31. The predicted molar refractivity (Wildman–Crippen MR) is 71.8 cm³/mol. The van der Waals surface area contributed by atoms with E-state index < -0.39 is 0 Å². The molecule has 3 nitrogen and oxygen atoms in total. The lowest BCUT2D eigenvalue weighted by Gasteiger charge is -2.28. The highest BCUT2D eigenvalue weighted by Crippen LogP contribution is 2.35. The molecule has 0 aromatic carbocycles. The van der Waals surface area contributed by atoms with Crippen LogP contribution >= 0.6 is 0 Å². The van der Waals surface area contributed by atoms with Gasteiger partial charge in [-0.05, 0) is 12.8 Å². The van der Waals surface area contributed by atoms with Crippen LogP contribution in [0.2, 0.25) is 0 Å². The Hall–Kier alpha value is -1.25. The quantitative estimate of drug-likeness (QED) is 0.805. The fourth-order valence-electron chi connectivity index (χ4n) is 2.59. The molecule has 0 aliphatic heterocycles. The number of aryl methyl sites for hydroxylation is 1. The standard InChI is InChI=1S/C15H22N2O/c1-8(2)12-6-11(18)7-13-10(5)16-15(9(3)4)17-14(12)13/h8-9,12H,6-7H2,1-5H3. The molecular weight excluding hydrogens is 224 g/mol. The first-order valence-electron chi connectivity index (χ1n) is 6.79. The summed E-state index contributed by atoms with van der Waals surface area (Å²) in [5.41, 5.74) is 3.19. The van der Waals surface area contributed by atoms with Crippen molar-refractivity contribution >= 4 is 5.78 Å². The van der Waals surface area contributed by atoms with Crippen molar-refractivity contribution in [2.75, 3.05) is 0 Å². The van der Waals surface area contributed by atoms with E-state index in [-0.39, 0.29) is 5.92 Å². The van der Waals surface area contributed by atoms with Gasteiger partial charge >= 0.3 is 0 Å². The first-order valence-corrected chi connectivity index (χ1v) is 6.79. The van der Waals surface area contributed by atoms with Crippen molar-refractivity contribution in [1.29, 1.82) is 0 Å². The molecule has 0 fully saturated rings. The summed E-state index contributed by atoms with van der Waals surface area (Å²) in [6, 6.07) is 0. The molecular formula is C15H22N2O. The molecule has 1 unspecified atom stereocenters. The maximum absolute atomic E-state index is 11.9. The van der Waals surface area contributed by atoms with Gasteiger partial charge in [-0.1, -0.05) is 27.7 Å². The van der Waals surface area contributed by atoms with E-state index in [4.69, 9.17) is 4.98 Å². The second kappa shape index (κ2) is 4.79. The topological polar surface area (TPSA) is 42.9 Å². The number of carbonyl (C=O) groups is 1. The van der Waals surface area contributed by atoms with Crippen LogP contribution in [0.15, 0.2) is 0 Å². The Bertz CT molecular complexity index is 478. The van der Waals surface area contributed by atoms with Crippen LogP contribution in [0.5, 0.6) is 0 Å². The third-order valence-corrected chi connectivity index (χ3v) is 3.76. The van der Waals surface area contributed by atoms with Crippen LogP contribution in [-0.4, -0.2) is 15.8 Å². The predicted octanol–water partition coefficient (Wildman–Crippen LogP) is 3.16. The van der Waals surface area contributed by atoms with Gasteiger partial charge in [0.1, 0.15) is 11.6 Å². The van der Waals surface area contributed by atoms with Crippen LogP contribution in [0.4, 0.5) is 0 Å². The van der Waals surface area contributed by atoms with E-state index in [1.165, 1.54) is 0 Å². The summed E-state index contributed by atoms with van der Waals surface area (Å²) < 4.78 is 0. The van der Waals surface area contributed by atoms with Gasteiger partial charge in [-0.3, -0.25) is 4.79 Å². The average Bonchev–Trinajstić information content (AvgIpc) is 2.28. The van der Waals surface area contributed by atoms with Gasteiger partial charge in [0.2, 0.25) is 0 Å². The van der Waals surface area contributed by atoms with Gasteiger partial charge in [0, 0.05) is 35.9 Å². The molecule has 0 saturated carbocycles. The van der Waals surface area contributed by atoms with Crippen molar-refractivity contribution in [2.24, 2.45) is 5.92 Å². The molecule has 1 aliphatic carbocycles. The lowest BCUT2D eigenvalue weighted by molar-refractivity contribution is -0.119. The summed E-state index contributed by atoms with van der Waals surface area (Å²) in [5.74, 6) is 2.28. The largest absolute Gasteiger partial charge is 0.299 e. The van der Waals surface area contributed by atoms with Gasteiger partial charge in [0.25, 0.3) is 0 Å². The van der Waals surface area contributed by atoms with Gasteiger partial charge < -0.3 is 0 Å². The Kier molecular flexibility index (Phi) is 3.51. The smallest absolute Gasteiger partial charge is 0.138 e. The molecule has 1 heterocycles. The molecule has 0 amide bonds. The van der Waals surface area contributed by atoms with E-state index in [1.54, 1.807) is 0 Å². The zero-order valence-corrected chi connectivity index (χ0v) is 11.9. The molecule has 0 saturated heterocycles. The highest BCUT2D eigenvalue weighted by molar-refractivity contribution is 5.84. The number of fused-ring (bicyclic) bond motifs is 1. The van der Waals surface area contributed by atoms with E-state index in [0.29, 0.717) is 30.5 Å². The van der Waals surface area contributed by atoms with E-state index in [9.17, 15) is 4.79 Å². The summed E-state index contributed by atoms with van der Waals surface area (Å²) in [7, 11) is 0. The first-order chi connectivity index (χ1) is 8.40. The number of nitrogens with zero attached hydrogens (tertiary/aromatic N) is 2. The number of carbonyl (C=O) groups excluding carboxylic acids is 1. The van der Waals surface area contributed by atoms with Crippen molar-refractivity contribution in [1.82, 2.24) is 9.97 Å². The molecule has 1 aromatic rings. The number of Topliss-reactive ketones (excluding diaryl/α,β-unsaturated/α-hetero) is 1. The van der Waals surface area contributed by atoms with E-state index in [2.05, 4.69) is 32.7 Å². The zero-order valence-electron chi connectivity index (χ0n) is 11.9. The molecule has 0 radical (unpaired) electrons. The summed E-state index contributed by atoms with van der Waals surface area (Å²) in [5, 5.41) is 0. The normalized spacial score (nSPS) is 19.5. The lowest BCUT2D eigenvalue weighted by atomic mass is 9.79. The van der Waals surface area contributed by atoms with Crippen molar-refractivity contribution < 1.29 is 4.79 Å². The summed E-state index contributed by atoms with van der Waals surface area (Å²) >= 11 is 0. The molecule has 98 valence electrons. The Balaban J connectivity index is 2.56. The summed E-state index contributed by atoms with van der Waals surface area (Å²) in [4.78, 5) is 21.2. The minimum Gasteiger partial charge on any atom is -0.299 e. The van der Waals surface area contributed by atoms with Crippen LogP contribution in [-0.2, 0) is 11.2 Å². The molecule has 18 heavy (non-hydrogen) atoms. The van der Waals surface area contributed by atoms with Gasteiger partial charge in [0.15, 0.2) is 0 Å². The Morgan fingerprint density at radius 3 is 2.39 bits per heavy atom. The Morgan fingerprint density at radius 2 is 1.83 bits per heavy atom. The maximum atomic E-state index is 11.9. The minimum absolute atomic E-state index is 0.264. The first kappa shape index (κ1) is 13.2. The highest BCUT2D eigenvalue weighted by atomic mass is 16.1. The van der Waals surface area contributed by atoms with Crippen LogP contribution in [0.25, 0.3) is 0 Å². The van der Waals surface area contributed by atoms with Gasteiger partial charge in [-0.15, -0.1) is 0 Å². The molecule has 0 spiro atoms. The van der Waals surface area contributed by atoms with Crippen LogP contribution in [0.3, 0.4) is 0 Å². The van der Waals surface area contributed by atoms with Crippen molar-refractivity contribution in [3.05, 3.63) is 22.8 Å². The second-order valence-electron chi connectivity index (χ2n) is 5.96. The van der Waals surface area contributed by atoms with Crippen molar-refractivity contribution in [3.63, 3.8) is 0 Å². The SMILES string of the molecule is Cc1nc(C(C)C)nc2c1CC(=O)CC2C(C)C. The van der Waals surface area contributed by atoms with Crippen LogP contribution in [0.1, 0.15) is 68.7 Å². The fraction of sp³-hybridized carbons (Fsp3) is 0.667. The average molecular weight is 246 g/mol. The molecule has 1 aromatic heterocycles. The number of aromatic nitrogens is 2. The van der Waals surface area contributed by atoms with Crippen molar-refractivity contribution in [2.45, 2.75) is 59.3 Å². The van der Waals surface area contributed by atoms with Gasteiger partial charge in [-0.25, -0.2) is 9.97 Å². The van der Waals surface area contributed by atoms with E-state index in [1.807, 2.05) is 6.92 Å². The number of hydrogen-bond acceptors (Lipinski definition) is 3. The van der Waals surface area contributed by atoms with Crippen LogP contribution in [0, 0.1) is 12.8 Å². The third kappa shape index (κ3) is 2.31. The molecule has 1 aliphatic rings. The zero-order chi connectivity index (χ0) is 13.4. The van der Waals surface area contributed by atoms with Crippen LogP contribution < -0.4 is 0 Å². The summed E-state index contributed by atoms with van der Waals surface area (Å²) in [6.07, 6.45) is 1.15. The van der Waals surface area contributed by atoms with Gasteiger partial charge in [-0.2, -0.15) is 0 Å². The Morgan fingerprint density at radius 1 is 1.17 bits per heavy atom. The number of hydrogen-bond donors (Lipinski definition) is 0. The lowest BCUT2D eigenvalue weighted by Crippen LogP contribution is -2.25.